The van der Waals surface area contributed by atoms with Crippen LogP contribution in [0.4, 0.5) is 0 Å². The van der Waals surface area contributed by atoms with E-state index in [1.54, 1.807) is 0 Å². The summed E-state index contributed by atoms with van der Waals surface area (Å²) in [6.07, 6.45) is 2.59. The van der Waals surface area contributed by atoms with Crippen molar-refractivity contribution in [1.82, 2.24) is 5.32 Å². The van der Waals surface area contributed by atoms with Gasteiger partial charge in [0.15, 0.2) is 0 Å². The van der Waals surface area contributed by atoms with Gasteiger partial charge in [-0.2, -0.15) is 0 Å². The summed E-state index contributed by atoms with van der Waals surface area (Å²) in [4.78, 5) is 0. The molecule has 1 atom stereocenters. The molecule has 1 N–H and O–H groups in total. The summed E-state index contributed by atoms with van der Waals surface area (Å²) in [6.45, 7) is 1.17. The first-order valence-electron chi connectivity index (χ1n) is 4.16. The van der Waals surface area contributed by atoms with Crippen LogP contribution < -0.4 is 5.32 Å². The minimum Gasteiger partial charge on any atom is -0.310 e. The van der Waals surface area contributed by atoms with Gasteiger partial charge in [0.2, 0.25) is 0 Å². The molecule has 0 saturated carbocycles. The Balaban J connectivity index is 2.16. The molecule has 2 rings (SSSR count). The second-order valence-electron chi connectivity index (χ2n) is 2.98. The molecule has 1 aliphatic rings. The van der Waals surface area contributed by atoms with Gasteiger partial charge >= 0.3 is 0 Å². The van der Waals surface area contributed by atoms with Crippen LogP contribution in [-0.2, 0) is 0 Å². The number of hydrogen-bond donors (Lipinski definition) is 1. The van der Waals surface area contributed by atoms with Crippen molar-refractivity contribution >= 4 is 0 Å². The van der Waals surface area contributed by atoms with Crippen LogP contribution >= 0.6 is 0 Å². The normalized spacial score (nSPS) is 23.8. The quantitative estimate of drug-likeness (QED) is 0.638. The Morgan fingerprint density at radius 2 is 2.18 bits per heavy atom. The third-order valence-corrected chi connectivity index (χ3v) is 2.21. The zero-order chi connectivity index (χ0) is 7.52. The summed E-state index contributed by atoms with van der Waals surface area (Å²) in [5.74, 6) is 0. The Bertz CT molecular complexity index is 212. The fraction of sp³-hybridized carbons (Fsp3) is 0.400. The van der Waals surface area contributed by atoms with E-state index in [9.17, 15) is 0 Å². The van der Waals surface area contributed by atoms with Crippen molar-refractivity contribution in [2.24, 2.45) is 0 Å². The summed E-state index contributed by atoms with van der Waals surface area (Å²) >= 11 is 0. The van der Waals surface area contributed by atoms with Crippen LogP contribution in [0, 0.1) is 6.07 Å². The Labute approximate surface area is 67.4 Å². The molecule has 1 fully saturated rings. The summed E-state index contributed by atoms with van der Waals surface area (Å²) in [6, 6.07) is 11.9. The second kappa shape index (κ2) is 3.05. The van der Waals surface area contributed by atoms with Crippen LogP contribution in [0.5, 0.6) is 0 Å². The van der Waals surface area contributed by atoms with Gasteiger partial charge in [0.1, 0.15) is 0 Å². The van der Waals surface area contributed by atoms with Crippen LogP contribution in [0.25, 0.3) is 0 Å². The molecule has 11 heavy (non-hydrogen) atoms. The number of rotatable bonds is 1. The molecular formula is C10H12N. The van der Waals surface area contributed by atoms with Crippen molar-refractivity contribution in [3.8, 4) is 0 Å². The molecular weight excluding hydrogens is 134 g/mol. The second-order valence-corrected chi connectivity index (χ2v) is 2.98. The van der Waals surface area contributed by atoms with Gasteiger partial charge in [0.05, 0.1) is 0 Å². The van der Waals surface area contributed by atoms with Gasteiger partial charge in [0, 0.05) is 6.04 Å². The van der Waals surface area contributed by atoms with Gasteiger partial charge in [-0.1, -0.05) is 24.3 Å². The third kappa shape index (κ3) is 1.43. The van der Waals surface area contributed by atoms with Gasteiger partial charge in [0.25, 0.3) is 0 Å². The van der Waals surface area contributed by atoms with Crippen LogP contribution in [-0.4, -0.2) is 6.54 Å². The Kier molecular flexibility index (Phi) is 1.91. The lowest BCUT2D eigenvalue weighted by Crippen LogP contribution is -2.12. The maximum atomic E-state index is 3.46. The summed E-state index contributed by atoms with van der Waals surface area (Å²) in [7, 11) is 0. The first kappa shape index (κ1) is 6.86. The smallest absolute Gasteiger partial charge is 0.0320 e. The van der Waals surface area contributed by atoms with E-state index in [2.05, 4.69) is 23.5 Å². The van der Waals surface area contributed by atoms with Crippen molar-refractivity contribution in [3.05, 3.63) is 35.9 Å². The SMILES string of the molecule is [c]1ccc(C2CCCN2)cc1. The maximum absolute atomic E-state index is 3.46. The van der Waals surface area contributed by atoms with Crippen LogP contribution in [0.1, 0.15) is 24.4 Å². The Morgan fingerprint density at radius 1 is 1.36 bits per heavy atom. The van der Waals surface area contributed by atoms with Crippen LogP contribution in [0.3, 0.4) is 0 Å². The molecule has 1 aliphatic heterocycles. The first-order chi connectivity index (χ1) is 5.47. The summed E-state index contributed by atoms with van der Waals surface area (Å²) in [5, 5.41) is 3.46. The lowest BCUT2D eigenvalue weighted by atomic mass is 10.1. The van der Waals surface area contributed by atoms with Crippen molar-refractivity contribution < 1.29 is 0 Å². The largest absolute Gasteiger partial charge is 0.310 e. The van der Waals surface area contributed by atoms with Crippen molar-refractivity contribution in [2.75, 3.05) is 6.54 Å². The lowest BCUT2D eigenvalue weighted by Gasteiger charge is -2.08. The molecule has 0 bridgehead atoms. The molecule has 1 heteroatoms. The molecule has 0 spiro atoms. The lowest BCUT2D eigenvalue weighted by molar-refractivity contribution is 0.648. The van der Waals surface area contributed by atoms with Crippen molar-refractivity contribution in [3.63, 3.8) is 0 Å². The predicted molar refractivity (Wildman–Crippen MR) is 45.3 cm³/mol. The average Bonchev–Trinajstić information content (AvgIpc) is 2.58. The standard InChI is InChI=1S/C10H12N/c1-2-5-9(6-3-1)10-7-4-8-11-10/h2-3,5-6,10-11H,4,7-8H2. The van der Waals surface area contributed by atoms with E-state index in [-0.39, 0.29) is 0 Å². The maximum Gasteiger partial charge on any atom is 0.0320 e. The average molecular weight is 146 g/mol. The monoisotopic (exact) mass is 146 g/mol. The molecule has 1 unspecified atom stereocenters. The third-order valence-electron chi connectivity index (χ3n) is 2.21. The fourth-order valence-corrected chi connectivity index (χ4v) is 1.60. The highest BCUT2D eigenvalue weighted by molar-refractivity contribution is 5.18. The predicted octanol–water partition coefficient (Wildman–Crippen LogP) is 1.91. The minimum atomic E-state index is 0.601. The number of benzene rings is 1. The van der Waals surface area contributed by atoms with Crippen molar-refractivity contribution in [1.29, 1.82) is 0 Å². The Morgan fingerprint density at radius 3 is 2.82 bits per heavy atom. The topological polar surface area (TPSA) is 12.0 Å². The number of nitrogens with one attached hydrogen (secondary N) is 1. The highest BCUT2D eigenvalue weighted by atomic mass is 14.9. The van der Waals surface area contributed by atoms with E-state index >= 15 is 0 Å². The zero-order valence-electron chi connectivity index (χ0n) is 6.51. The van der Waals surface area contributed by atoms with E-state index in [4.69, 9.17) is 0 Å². The van der Waals surface area contributed by atoms with Gasteiger partial charge < -0.3 is 5.32 Å². The van der Waals surface area contributed by atoms with Gasteiger partial charge in [-0.05, 0) is 31.0 Å². The molecule has 57 valence electrons. The summed E-state index contributed by atoms with van der Waals surface area (Å²) in [5.41, 5.74) is 1.40. The summed E-state index contributed by atoms with van der Waals surface area (Å²) < 4.78 is 0. The molecule has 1 saturated heterocycles. The van der Waals surface area contributed by atoms with Gasteiger partial charge in [-0.3, -0.25) is 0 Å². The van der Waals surface area contributed by atoms with Crippen LogP contribution in [0.2, 0.25) is 0 Å². The molecule has 1 nitrogen and oxygen atoms in total. The molecule has 1 aromatic carbocycles. The first-order valence-corrected chi connectivity index (χ1v) is 4.16. The van der Waals surface area contributed by atoms with E-state index in [1.807, 2.05) is 12.1 Å². The minimum absolute atomic E-state index is 0.601. The molecule has 0 aromatic heterocycles. The molecule has 0 amide bonds. The molecule has 1 aromatic rings. The fourth-order valence-electron chi connectivity index (χ4n) is 1.60. The van der Waals surface area contributed by atoms with Crippen molar-refractivity contribution in [2.45, 2.75) is 18.9 Å². The molecule has 1 heterocycles. The highest BCUT2D eigenvalue weighted by Gasteiger charge is 2.14. The molecule has 1 radical (unpaired) electrons. The van der Waals surface area contributed by atoms with Gasteiger partial charge in [-0.25, -0.2) is 0 Å². The zero-order valence-corrected chi connectivity index (χ0v) is 6.51. The van der Waals surface area contributed by atoms with Gasteiger partial charge in [-0.15, -0.1) is 0 Å². The van der Waals surface area contributed by atoms with E-state index in [1.165, 1.54) is 24.9 Å². The Hall–Kier alpha value is -0.820. The van der Waals surface area contributed by atoms with E-state index < -0.39 is 0 Å². The van der Waals surface area contributed by atoms with Crippen LogP contribution in [0.15, 0.2) is 24.3 Å². The highest BCUT2D eigenvalue weighted by Crippen LogP contribution is 2.21. The molecule has 0 aliphatic carbocycles. The van der Waals surface area contributed by atoms with E-state index in [0.29, 0.717) is 6.04 Å². The van der Waals surface area contributed by atoms with E-state index in [0.717, 1.165) is 0 Å². The number of hydrogen-bond acceptors (Lipinski definition) is 1.